The summed E-state index contributed by atoms with van der Waals surface area (Å²) in [4.78, 5) is 0. The van der Waals surface area contributed by atoms with Crippen molar-refractivity contribution in [2.75, 3.05) is 0 Å². The Morgan fingerprint density at radius 1 is 0.733 bits per heavy atom. The van der Waals surface area contributed by atoms with E-state index in [-0.39, 0.29) is 24.0 Å². The molecule has 0 N–H and O–H groups in total. The molecule has 0 aliphatic rings. The van der Waals surface area contributed by atoms with Crippen molar-refractivity contribution < 1.29 is 28.5 Å². The molecule has 0 saturated carbocycles. The van der Waals surface area contributed by atoms with Gasteiger partial charge in [0.05, 0.1) is 6.54 Å². The highest BCUT2D eigenvalue weighted by Gasteiger charge is 2.13. The molecule has 2 aromatic rings. The van der Waals surface area contributed by atoms with Crippen molar-refractivity contribution in [1.29, 1.82) is 0 Å². The molecule has 1 heterocycles. The Labute approximate surface area is 205 Å². The molecule has 0 spiro atoms. The van der Waals surface area contributed by atoms with Gasteiger partial charge in [-0.3, -0.25) is 0 Å². The Morgan fingerprint density at radius 2 is 1.30 bits per heavy atom. The van der Waals surface area contributed by atoms with E-state index < -0.39 is 16.1 Å². The first kappa shape index (κ1) is 27.6. The fourth-order valence-corrected chi connectivity index (χ4v) is 6.04. The predicted molar refractivity (Wildman–Crippen MR) is 133 cm³/mol. The third-order valence-corrected chi connectivity index (χ3v) is 9.24. The molecule has 5 heteroatoms. The van der Waals surface area contributed by atoms with Gasteiger partial charge in [0.25, 0.3) is 0 Å². The molecule has 0 fully saturated rings. The smallest absolute Gasteiger partial charge is 0.244 e. The molecule has 0 unspecified atom stereocenters. The summed E-state index contributed by atoms with van der Waals surface area (Å²) in [5.41, 5.74) is 2.88. The molecule has 170 valence electrons. The van der Waals surface area contributed by atoms with E-state index in [4.69, 9.17) is 0 Å². The number of imidazole rings is 1. The summed E-state index contributed by atoms with van der Waals surface area (Å²) in [6.45, 7) is 16.9. The van der Waals surface area contributed by atoms with Crippen LogP contribution >= 0.6 is 0 Å². The van der Waals surface area contributed by atoms with Gasteiger partial charge in [-0.1, -0.05) is 94.9 Å². The van der Waals surface area contributed by atoms with Gasteiger partial charge in [-0.2, -0.15) is 0 Å². The highest BCUT2D eigenvalue weighted by atomic mass is 127. The Kier molecular flexibility index (Phi) is 12.2. The summed E-state index contributed by atoms with van der Waals surface area (Å²) >= 11 is 0. The lowest BCUT2D eigenvalue weighted by Gasteiger charge is -2.15. The normalized spacial score (nSPS) is 12.1. The molecule has 1 aromatic heterocycles. The van der Waals surface area contributed by atoms with E-state index in [2.05, 4.69) is 91.4 Å². The third kappa shape index (κ3) is 12.4. The molecule has 0 aliphatic carbocycles. The zero-order chi connectivity index (χ0) is 21.3. The highest BCUT2D eigenvalue weighted by Crippen LogP contribution is 2.16. The Hall–Kier alpha value is -0.406. The molecular formula is C25H45IN2Si2. The van der Waals surface area contributed by atoms with Gasteiger partial charge in [-0.05, 0) is 30.4 Å². The summed E-state index contributed by atoms with van der Waals surface area (Å²) < 4.78 is 4.66. The monoisotopic (exact) mass is 556 g/mol. The van der Waals surface area contributed by atoms with Crippen LogP contribution in [-0.2, 0) is 19.5 Å². The van der Waals surface area contributed by atoms with Gasteiger partial charge in [-0.15, -0.1) is 0 Å². The second-order valence-electron chi connectivity index (χ2n) is 11.3. The topological polar surface area (TPSA) is 8.81 Å². The average molecular weight is 557 g/mol. The molecule has 0 atom stereocenters. The summed E-state index contributed by atoms with van der Waals surface area (Å²) in [5, 5.41) is 0. The molecule has 0 radical (unpaired) electrons. The van der Waals surface area contributed by atoms with Crippen molar-refractivity contribution in [1.82, 2.24) is 4.57 Å². The van der Waals surface area contributed by atoms with Crippen LogP contribution < -0.4 is 28.5 Å². The number of hydrogen-bond donors (Lipinski definition) is 0. The zero-order valence-corrected chi connectivity index (χ0v) is 24.5. The van der Waals surface area contributed by atoms with Crippen molar-refractivity contribution in [2.24, 2.45) is 0 Å². The summed E-state index contributed by atoms with van der Waals surface area (Å²) in [5.74, 6) is 0. The lowest BCUT2D eigenvalue weighted by molar-refractivity contribution is -0.687. The number of hydrogen-bond acceptors (Lipinski definition) is 0. The van der Waals surface area contributed by atoms with Crippen molar-refractivity contribution in [2.45, 2.75) is 103 Å². The number of rotatable bonds is 13. The van der Waals surface area contributed by atoms with E-state index in [0.29, 0.717) is 0 Å². The number of unbranched alkanes of at least 4 members (excludes halogenated alkanes) is 4. The van der Waals surface area contributed by atoms with Crippen molar-refractivity contribution >= 4 is 16.1 Å². The minimum atomic E-state index is -0.946. The van der Waals surface area contributed by atoms with Crippen LogP contribution in [0.25, 0.3) is 0 Å². The molecule has 1 aromatic carbocycles. The van der Waals surface area contributed by atoms with Crippen molar-refractivity contribution in [3.63, 3.8) is 0 Å². The first-order chi connectivity index (χ1) is 13.6. The Bertz CT molecular complexity index is 712. The lowest BCUT2D eigenvalue weighted by atomic mass is 10.1. The van der Waals surface area contributed by atoms with E-state index in [1.807, 2.05) is 0 Å². The van der Waals surface area contributed by atoms with E-state index in [1.165, 1.54) is 61.7 Å². The van der Waals surface area contributed by atoms with Crippen molar-refractivity contribution in [3.05, 3.63) is 54.1 Å². The van der Waals surface area contributed by atoms with Gasteiger partial charge in [0.2, 0.25) is 6.33 Å². The zero-order valence-electron chi connectivity index (χ0n) is 20.4. The fourth-order valence-electron chi connectivity index (χ4n) is 3.69. The highest BCUT2D eigenvalue weighted by molar-refractivity contribution is 6.76. The summed E-state index contributed by atoms with van der Waals surface area (Å²) in [6.07, 6.45) is 14.9. The molecular weight excluding hydrogens is 511 g/mol. The minimum absolute atomic E-state index is 0. The number of benzene rings is 1. The number of nitrogens with zero attached hydrogens (tertiary/aromatic N) is 2. The van der Waals surface area contributed by atoms with E-state index in [0.717, 1.165) is 13.1 Å². The second kappa shape index (κ2) is 13.2. The third-order valence-electron chi connectivity index (χ3n) is 5.64. The van der Waals surface area contributed by atoms with Gasteiger partial charge in [0.1, 0.15) is 18.9 Å². The quantitative estimate of drug-likeness (QED) is 0.153. The van der Waals surface area contributed by atoms with Crippen molar-refractivity contribution in [3.8, 4) is 0 Å². The van der Waals surface area contributed by atoms with Gasteiger partial charge >= 0.3 is 0 Å². The maximum absolute atomic E-state index is 2.48. The SMILES string of the molecule is C[Si](C)(C)CCCCCCCn1cc[n+](Cc2ccc(CC[Si](C)(C)C)cc2)c1.[I-]. The molecule has 0 aliphatic heterocycles. The van der Waals surface area contributed by atoms with Crippen LogP contribution in [-0.4, -0.2) is 20.7 Å². The van der Waals surface area contributed by atoms with Crippen LogP contribution in [0, 0.1) is 0 Å². The molecule has 0 amide bonds. The van der Waals surface area contributed by atoms with E-state index in [1.54, 1.807) is 0 Å². The standard InChI is InChI=1S/C25H45N2Si2.HI/c1-28(2,3)20-11-9-7-8-10-17-26-18-19-27(23-26)22-25-14-12-24(13-15-25)16-21-29(4,5)6;/h12-15,18-19,23H,7-11,16-17,20-22H2,1-6H3;1H/q+1;/p-1. The fraction of sp³-hybridized carbons (Fsp3) is 0.640. The number of aromatic nitrogens is 2. The minimum Gasteiger partial charge on any atom is -1.00 e. The largest absolute Gasteiger partial charge is 1.00 e. The maximum atomic E-state index is 2.48. The molecule has 0 saturated heterocycles. The predicted octanol–water partition coefficient (Wildman–Crippen LogP) is 4.00. The average Bonchev–Trinajstić information content (AvgIpc) is 3.06. The van der Waals surface area contributed by atoms with Crippen LogP contribution in [0.4, 0.5) is 0 Å². The van der Waals surface area contributed by atoms with Crippen LogP contribution in [0.1, 0.15) is 43.2 Å². The van der Waals surface area contributed by atoms with Gasteiger partial charge in [0, 0.05) is 16.1 Å². The maximum Gasteiger partial charge on any atom is 0.244 e. The first-order valence-electron chi connectivity index (χ1n) is 11.7. The van der Waals surface area contributed by atoms with Crippen LogP contribution in [0.15, 0.2) is 43.0 Å². The molecule has 30 heavy (non-hydrogen) atoms. The van der Waals surface area contributed by atoms with E-state index in [9.17, 15) is 0 Å². The van der Waals surface area contributed by atoms with Gasteiger partial charge in [-0.25, -0.2) is 9.13 Å². The van der Waals surface area contributed by atoms with Crippen LogP contribution in [0.5, 0.6) is 0 Å². The van der Waals surface area contributed by atoms with Crippen LogP contribution in [0.3, 0.4) is 0 Å². The molecule has 0 bridgehead atoms. The Balaban J connectivity index is 0.00000450. The van der Waals surface area contributed by atoms with E-state index >= 15 is 0 Å². The Morgan fingerprint density at radius 3 is 1.93 bits per heavy atom. The summed E-state index contributed by atoms with van der Waals surface area (Å²) in [6, 6.07) is 12.1. The first-order valence-corrected chi connectivity index (χ1v) is 19.1. The lowest BCUT2D eigenvalue weighted by Crippen LogP contribution is -3.00. The summed E-state index contributed by atoms with van der Waals surface area (Å²) in [7, 11) is -1.77. The number of aryl methyl sites for hydroxylation is 2. The molecule has 2 rings (SSSR count). The van der Waals surface area contributed by atoms with Crippen LogP contribution in [0.2, 0.25) is 51.4 Å². The van der Waals surface area contributed by atoms with Gasteiger partial charge in [0.15, 0.2) is 0 Å². The second-order valence-corrected chi connectivity index (χ2v) is 22.5. The number of halogens is 1. The molecule has 2 nitrogen and oxygen atoms in total. The van der Waals surface area contributed by atoms with Gasteiger partial charge < -0.3 is 24.0 Å².